The molecule has 63 heavy (non-hydrogen) atoms. The van der Waals surface area contributed by atoms with Crippen LogP contribution in [0.25, 0.3) is 11.1 Å². The number of nitrogens with zero attached hydrogens (tertiary/aromatic N) is 2. The van der Waals surface area contributed by atoms with Crippen molar-refractivity contribution in [1.82, 2.24) is 10.2 Å². The van der Waals surface area contributed by atoms with Crippen molar-refractivity contribution in [3.05, 3.63) is 82.4 Å². The zero-order chi connectivity index (χ0) is 45.9. The van der Waals surface area contributed by atoms with Gasteiger partial charge in [-0.1, -0.05) is 76.3 Å². The molecule has 0 unspecified atom stereocenters. The van der Waals surface area contributed by atoms with Crippen LogP contribution in [0.2, 0.25) is 0 Å². The van der Waals surface area contributed by atoms with Crippen molar-refractivity contribution >= 4 is 29.2 Å². The van der Waals surface area contributed by atoms with Gasteiger partial charge >= 0.3 is 0 Å². The molecule has 3 aromatic rings. The van der Waals surface area contributed by atoms with E-state index in [1.54, 1.807) is 37.3 Å². The number of nitrogens with two attached hydrogens (primary N) is 3. The molecule has 0 aromatic heterocycles. The number of hydrogen-bond donors (Lipinski definition) is 4. The van der Waals surface area contributed by atoms with Crippen LogP contribution in [0.3, 0.4) is 0 Å². The Bertz CT molecular complexity index is 2080. The summed E-state index contributed by atoms with van der Waals surface area (Å²) in [6.07, 6.45) is 7.99. The number of ketones is 3. The summed E-state index contributed by atoms with van der Waals surface area (Å²) in [5.41, 5.74) is 22.6. The average Bonchev–Trinajstić information content (AvgIpc) is 3.27. The molecule has 1 aliphatic rings. The van der Waals surface area contributed by atoms with Crippen LogP contribution in [0.1, 0.15) is 123 Å². The van der Waals surface area contributed by atoms with Gasteiger partial charge in [0, 0.05) is 74.3 Å². The number of ether oxygens (including phenoxy) is 2. The molecular formula is C50H68N6O7. The van der Waals surface area contributed by atoms with E-state index in [1.807, 2.05) is 31.2 Å². The molecule has 0 radical (unpaired) electrons. The van der Waals surface area contributed by atoms with E-state index in [1.165, 1.54) is 49.6 Å². The van der Waals surface area contributed by atoms with Gasteiger partial charge in [-0.2, -0.15) is 5.26 Å². The van der Waals surface area contributed by atoms with Gasteiger partial charge in [0.25, 0.3) is 0 Å². The van der Waals surface area contributed by atoms with Crippen molar-refractivity contribution in [2.45, 2.75) is 116 Å². The summed E-state index contributed by atoms with van der Waals surface area (Å²) in [6.45, 7) is 6.69. The fraction of sp³-hybridized carbons (Fsp3) is 0.520. The monoisotopic (exact) mass is 865 g/mol. The number of unbranched alkanes of at least 4 members (excludes halogenated alkanes) is 5. The summed E-state index contributed by atoms with van der Waals surface area (Å²) in [5, 5.41) is 12.1. The van der Waals surface area contributed by atoms with Crippen molar-refractivity contribution in [1.29, 1.82) is 5.26 Å². The molecule has 0 saturated heterocycles. The summed E-state index contributed by atoms with van der Waals surface area (Å²) >= 11 is 0. The normalized spacial score (nSPS) is 16.9. The van der Waals surface area contributed by atoms with Crippen LogP contribution in [0.15, 0.2) is 54.6 Å². The average molecular weight is 865 g/mol. The maximum absolute atomic E-state index is 14.7. The number of benzene rings is 3. The second-order valence-corrected chi connectivity index (χ2v) is 16.7. The van der Waals surface area contributed by atoms with Gasteiger partial charge < -0.3 is 36.9 Å². The van der Waals surface area contributed by atoms with Gasteiger partial charge in [-0.3, -0.25) is 24.0 Å². The number of fused-ring (bicyclic) bond motifs is 5. The minimum absolute atomic E-state index is 0.0189. The second-order valence-electron chi connectivity index (χ2n) is 16.7. The fourth-order valence-corrected chi connectivity index (χ4v) is 8.28. The SMILES string of the molecule is CCCCCCCCc1ccc(C(=O)C[C@@H](CCN)C(=O)N(C)[C@@H]2C(=O)C[C@@H](C)C(=O)N[C@H](C(=O)CCC#N)Cc3ccc(OCCN)c(c3)-c3cc2ccc3OCCN)c(C)c1. The third-order valence-electron chi connectivity index (χ3n) is 11.7. The molecule has 0 aliphatic carbocycles. The maximum atomic E-state index is 14.7. The van der Waals surface area contributed by atoms with Crippen molar-refractivity contribution in [2.24, 2.45) is 29.0 Å². The smallest absolute Gasteiger partial charge is 0.226 e. The zero-order valence-electron chi connectivity index (χ0n) is 37.7. The van der Waals surface area contributed by atoms with Crippen molar-refractivity contribution in [3.63, 3.8) is 0 Å². The second kappa shape index (κ2) is 25.6. The molecule has 13 nitrogen and oxygen atoms in total. The number of Topliss-reactive ketones (excluding diaryl/α,β-unsaturated/α-hetero) is 3. The Morgan fingerprint density at radius 2 is 1.54 bits per heavy atom. The van der Waals surface area contributed by atoms with E-state index in [2.05, 4.69) is 18.3 Å². The molecule has 2 amide bonds. The molecule has 0 fully saturated rings. The predicted molar refractivity (Wildman–Crippen MR) is 245 cm³/mol. The van der Waals surface area contributed by atoms with Crippen LogP contribution in [0, 0.1) is 30.1 Å². The van der Waals surface area contributed by atoms with Gasteiger partial charge in [-0.05, 0) is 85.7 Å². The number of hydrogen-bond acceptors (Lipinski definition) is 11. The Morgan fingerprint density at radius 3 is 2.19 bits per heavy atom. The topological polar surface area (TPSA) is 221 Å². The summed E-state index contributed by atoms with van der Waals surface area (Å²) in [5.74, 6) is -2.72. The van der Waals surface area contributed by atoms with Gasteiger partial charge in [0.1, 0.15) is 30.8 Å². The van der Waals surface area contributed by atoms with Crippen LogP contribution in [-0.2, 0) is 32.0 Å². The third kappa shape index (κ3) is 14.3. The first-order valence-corrected chi connectivity index (χ1v) is 22.6. The number of nitriles is 1. The number of carbonyl (C=O) groups is 5. The number of carbonyl (C=O) groups excluding carboxylic acids is 5. The standard InChI is InChI=1S/C50H68N6O7/c1-5-6-7-8-9-10-12-35-14-17-39(33(2)27-35)44(58)32-38(20-22-52)50(61)56(4)48-37-16-19-47(63-26-24-54)41(31-37)40-29-36(15-18-46(40)62-25-23-53)30-42(43(57)13-11-21-51)55-49(60)34(3)28-45(48)59/h14-19,27,29,31,34,38,42,48H,5-13,20,22-26,28,30,32,52-54H2,1-4H3,(H,55,60)/t34-,38-,42+,48+/m1/s1. The van der Waals surface area contributed by atoms with Crippen LogP contribution < -0.4 is 32.0 Å². The highest BCUT2D eigenvalue weighted by Gasteiger charge is 2.36. The largest absolute Gasteiger partial charge is 0.492 e. The van der Waals surface area contributed by atoms with Gasteiger partial charge in [0.2, 0.25) is 11.8 Å². The van der Waals surface area contributed by atoms with Gasteiger partial charge in [-0.25, -0.2) is 0 Å². The highest BCUT2D eigenvalue weighted by atomic mass is 16.5. The lowest BCUT2D eigenvalue weighted by Crippen LogP contribution is -2.46. The Balaban J connectivity index is 1.76. The number of rotatable bonds is 23. The van der Waals surface area contributed by atoms with E-state index in [0.29, 0.717) is 39.3 Å². The van der Waals surface area contributed by atoms with E-state index in [9.17, 15) is 29.2 Å². The first kappa shape index (κ1) is 50.2. The molecule has 1 aliphatic heterocycles. The molecular weight excluding hydrogens is 797 g/mol. The molecule has 340 valence electrons. The van der Waals surface area contributed by atoms with Crippen LogP contribution in [0.5, 0.6) is 11.5 Å². The highest BCUT2D eigenvalue weighted by molar-refractivity contribution is 6.01. The molecule has 4 rings (SSSR count). The maximum Gasteiger partial charge on any atom is 0.226 e. The number of aryl methyl sites for hydroxylation is 2. The molecule has 3 aromatic carbocycles. The summed E-state index contributed by atoms with van der Waals surface area (Å²) < 4.78 is 12.3. The van der Waals surface area contributed by atoms with Gasteiger partial charge in [-0.15, -0.1) is 0 Å². The van der Waals surface area contributed by atoms with Gasteiger partial charge in [0.05, 0.1) is 12.1 Å². The lowest BCUT2D eigenvalue weighted by molar-refractivity contribution is -0.142. The molecule has 13 heteroatoms. The Morgan fingerprint density at radius 1 is 0.873 bits per heavy atom. The predicted octanol–water partition coefficient (Wildman–Crippen LogP) is 6.49. The Kier molecular flexibility index (Phi) is 20.4. The minimum atomic E-state index is -1.19. The molecule has 0 spiro atoms. The fourth-order valence-electron chi connectivity index (χ4n) is 8.28. The van der Waals surface area contributed by atoms with E-state index >= 15 is 0 Å². The van der Waals surface area contributed by atoms with Crippen LogP contribution in [-0.4, -0.2) is 80.0 Å². The van der Waals surface area contributed by atoms with Gasteiger partial charge in [0.15, 0.2) is 17.3 Å². The van der Waals surface area contributed by atoms with E-state index in [0.717, 1.165) is 18.4 Å². The highest BCUT2D eigenvalue weighted by Crippen LogP contribution is 2.41. The van der Waals surface area contributed by atoms with Crippen LogP contribution in [0.4, 0.5) is 0 Å². The van der Waals surface area contributed by atoms with Crippen molar-refractivity contribution in [2.75, 3.05) is 39.9 Å². The first-order valence-electron chi connectivity index (χ1n) is 22.6. The summed E-state index contributed by atoms with van der Waals surface area (Å²) in [7, 11) is 1.54. The van der Waals surface area contributed by atoms with E-state index in [-0.39, 0.29) is 82.9 Å². The van der Waals surface area contributed by atoms with Crippen LogP contribution >= 0.6 is 0 Å². The molecule has 1 heterocycles. The quantitative estimate of drug-likeness (QED) is 0.0596. The first-order chi connectivity index (χ1) is 30.4. The Labute approximate surface area is 373 Å². The van der Waals surface area contributed by atoms with E-state index in [4.69, 9.17) is 26.7 Å². The van der Waals surface area contributed by atoms with E-state index < -0.39 is 41.5 Å². The van der Waals surface area contributed by atoms with Crippen molar-refractivity contribution in [3.8, 4) is 28.7 Å². The minimum Gasteiger partial charge on any atom is -0.492 e. The summed E-state index contributed by atoms with van der Waals surface area (Å²) in [4.78, 5) is 71.9. The lowest BCUT2D eigenvalue weighted by Gasteiger charge is -2.32. The molecule has 4 atom stereocenters. The van der Waals surface area contributed by atoms with Crippen molar-refractivity contribution < 1.29 is 33.4 Å². The zero-order valence-corrected chi connectivity index (χ0v) is 37.7. The molecule has 0 saturated carbocycles. The number of amides is 2. The third-order valence-corrected chi connectivity index (χ3v) is 11.7. The lowest BCUT2D eigenvalue weighted by atomic mass is 9.87. The summed E-state index contributed by atoms with van der Waals surface area (Å²) in [6, 6.07) is 16.3. The number of nitrogens with one attached hydrogen (secondary N) is 1. The number of likely N-dealkylation sites (N-methyl/N-ethyl adjacent to an activating group) is 1. The molecule has 4 bridgehead atoms. The molecule has 7 N–H and O–H groups in total. The Hall–Kier alpha value is -5.42.